The summed E-state index contributed by atoms with van der Waals surface area (Å²) in [6.07, 6.45) is 2.80. The van der Waals surface area contributed by atoms with Crippen LogP contribution in [0, 0.1) is 6.92 Å². The number of aryl methyl sites for hydroxylation is 1. The molecule has 0 aromatic carbocycles. The molecule has 94 valence electrons. The topological polar surface area (TPSA) is 63.4 Å². The summed E-state index contributed by atoms with van der Waals surface area (Å²) < 4.78 is 10.8. The molecule has 2 saturated heterocycles. The highest BCUT2D eigenvalue weighted by Gasteiger charge is 2.32. The number of hydrogen-bond donors (Lipinski definition) is 1. The molecule has 2 aliphatic rings. The van der Waals surface area contributed by atoms with Gasteiger partial charge in [0.25, 0.3) is 0 Å². The number of nitrogens with zero attached hydrogens (tertiary/aromatic N) is 3. The summed E-state index contributed by atoms with van der Waals surface area (Å²) >= 11 is 0. The molecule has 0 bridgehead atoms. The highest BCUT2D eigenvalue weighted by atomic mass is 16.5. The predicted octanol–water partition coefficient (Wildman–Crippen LogP) is 0.653. The Labute approximate surface area is 100 Å². The first-order valence-electron chi connectivity index (χ1n) is 6.21. The van der Waals surface area contributed by atoms with Gasteiger partial charge in [-0.15, -0.1) is 0 Å². The molecule has 2 atom stereocenters. The molecule has 2 fully saturated rings. The summed E-state index contributed by atoms with van der Waals surface area (Å²) in [6.45, 7) is 5.61. The first-order chi connectivity index (χ1) is 8.31. The Balaban J connectivity index is 1.49. The standard InChI is InChI=1S/C11H18N4O2/c1-8-13-11(17-14-8)12-5-10-6-15-4-2-3-9(15)7-16-10/h9-10H,2-7H2,1H3,(H,12,13,14). The van der Waals surface area contributed by atoms with E-state index in [1.165, 1.54) is 19.4 Å². The molecule has 3 rings (SSSR count). The van der Waals surface area contributed by atoms with Crippen LogP contribution >= 0.6 is 0 Å². The zero-order valence-corrected chi connectivity index (χ0v) is 10.1. The lowest BCUT2D eigenvalue weighted by Gasteiger charge is -2.35. The normalized spacial score (nSPS) is 29.2. The first-order valence-corrected chi connectivity index (χ1v) is 6.21. The van der Waals surface area contributed by atoms with Gasteiger partial charge in [0.05, 0.1) is 12.7 Å². The molecule has 1 N–H and O–H groups in total. The van der Waals surface area contributed by atoms with Gasteiger partial charge >= 0.3 is 6.01 Å². The largest absolute Gasteiger partial charge is 0.373 e. The van der Waals surface area contributed by atoms with Crippen LogP contribution in [-0.4, -0.2) is 53.4 Å². The molecule has 0 amide bonds. The Morgan fingerprint density at radius 3 is 3.29 bits per heavy atom. The second-order valence-electron chi connectivity index (χ2n) is 4.77. The van der Waals surface area contributed by atoms with Crippen molar-refractivity contribution in [2.45, 2.75) is 31.9 Å². The predicted molar refractivity (Wildman–Crippen MR) is 61.9 cm³/mol. The molecule has 0 radical (unpaired) electrons. The molecule has 1 aromatic rings. The minimum atomic E-state index is 0.219. The van der Waals surface area contributed by atoms with E-state index in [1.807, 2.05) is 0 Å². The first kappa shape index (κ1) is 11.0. The summed E-state index contributed by atoms with van der Waals surface area (Å²) in [5.74, 6) is 0.650. The van der Waals surface area contributed by atoms with Gasteiger partial charge in [0, 0.05) is 19.1 Å². The Kier molecular flexibility index (Phi) is 2.98. The van der Waals surface area contributed by atoms with Crippen molar-refractivity contribution in [1.82, 2.24) is 15.0 Å². The minimum Gasteiger partial charge on any atom is -0.373 e. The van der Waals surface area contributed by atoms with Crippen molar-refractivity contribution in [3.8, 4) is 0 Å². The summed E-state index contributed by atoms with van der Waals surface area (Å²) in [6, 6.07) is 1.13. The van der Waals surface area contributed by atoms with Crippen molar-refractivity contribution < 1.29 is 9.26 Å². The van der Waals surface area contributed by atoms with E-state index < -0.39 is 0 Å². The minimum absolute atomic E-state index is 0.219. The number of rotatable bonds is 3. The van der Waals surface area contributed by atoms with Gasteiger partial charge in [-0.1, -0.05) is 5.16 Å². The number of morpholine rings is 1. The Hall–Kier alpha value is -1.14. The summed E-state index contributed by atoms with van der Waals surface area (Å²) in [7, 11) is 0. The maximum atomic E-state index is 5.83. The molecule has 6 nitrogen and oxygen atoms in total. The average molecular weight is 238 g/mol. The van der Waals surface area contributed by atoms with E-state index in [2.05, 4.69) is 20.4 Å². The Morgan fingerprint density at radius 1 is 1.53 bits per heavy atom. The van der Waals surface area contributed by atoms with E-state index in [9.17, 15) is 0 Å². The summed E-state index contributed by atoms with van der Waals surface area (Å²) in [5.41, 5.74) is 0. The van der Waals surface area contributed by atoms with Crippen LogP contribution in [0.2, 0.25) is 0 Å². The van der Waals surface area contributed by atoms with E-state index in [0.29, 0.717) is 17.9 Å². The molecule has 6 heteroatoms. The number of nitrogens with one attached hydrogen (secondary N) is 1. The SMILES string of the molecule is Cc1noc(NCC2CN3CCCC3CO2)n1. The molecule has 0 saturated carbocycles. The lowest BCUT2D eigenvalue weighted by Crippen LogP contribution is -2.48. The Bertz CT molecular complexity index is 381. The van der Waals surface area contributed by atoms with Crippen molar-refractivity contribution in [2.75, 3.05) is 31.6 Å². The number of aromatic nitrogens is 2. The number of hydrogen-bond acceptors (Lipinski definition) is 6. The summed E-state index contributed by atoms with van der Waals surface area (Å²) in [4.78, 5) is 6.63. The molecule has 1 aromatic heterocycles. The van der Waals surface area contributed by atoms with Crippen LogP contribution in [-0.2, 0) is 4.74 Å². The highest BCUT2D eigenvalue weighted by molar-refractivity contribution is 5.18. The van der Waals surface area contributed by atoms with Gasteiger partial charge in [-0.2, -0.15) is 4.98 Å². The van der Waals surface area contributed by atoms with Crippen LogP contribution in [0.25, 0.3) is 0 Å². The van der Waals surface area contributed by atoms with Gasteiger partial charge in [-0.3, -0.25) is 4.90 Å². The zero-order valence-electron chi connectivity index (χ0n) is 10.1. The van der Waals surface area contributed by atoms with Crippen molar-refractivity contribution in [3.63, 3.8) is 0 Å². The maximum absolute atomic E-state index is 5.83. The van der Waals surface area contributed by atoms with E-state index in [4.69, 9.17) is 9.26 Å². The quantitative estimate of drug-likeness (QED) is 0.834. The lowest BCUT2D eigenvalue weighted by atomic mass is 10.2. The van der Waals surface area contributed by atoms with Crippen molar-refractivity contribution in [1.29, 1.82) is 0 Å². The molecule has 2 aliphatic heterocycles. The molecule has 0 aliphatic carbocycles. The van der Waals surface area contributed by atoms with Crippen LogP contribution in [0.1, 0.15) is 18.7 Å². The second-order valence-corrected chi connectivity index (χ2v) is 4.77. The zero-order chi connectivity index (χ0) is 11.7. The van der Waals surface area contributed by atoms with Gasteiger partial charge in [-0.05, 0) is 26.3 Å². The third kappa shape index (κ3) is 2.42. The van der Waals surface area contributed by atoms with Crippen LogP contribution in [0.3, 0.4) is 0 Å². The van der Waals surface area contributed by atoms with E-state index in [-0.39, 0.29) is 6.10 Å². The number of anilines is 1. The van der Waals surface area contributed by atoms with Crippen molar-refractivity contribution >= 4 is 6.01 Å². The molecule has 17 heavy (non-hydrogen) atoms. The smallest absolute Gasteiger partial charge is 0.321 e. The fourth-order valence-corrected chi connectivity index (χ4v) is 2.58. The second kappa shape index (κ2) is 4.62. The molecule has 2 unspecified atom stereocenters. The molecule has 3 heterocycles. The third-order valence-corrected chi connectivity index (χ3v) is 3.47. The van der Waals surface area contributed by atoms with Gasteiger partial charge in [-0.25, -0.2) is 0 Å². The van der Waals surface area contributed by atoms with E-state index >= 15 is 0 Å². The monoisotopic (exact) mass is 238 g/mol. The molecular formula is C11H18N4O2. The van der Waals surface area contributed by atoms with Crippen LogP contribution < -0.4 is 5.32 Å². The van der Waals surface area contributed by atoms with E-state index in [1.54, 1.807) is 6.92 Å². The number of ether oxygens (including phenoxy) is 1. The molecular weight excluding hydrogens is 220 g/mol. The average Bonchev–Trinajstić information content (AvgIpc) is 2.94. The van der Waals surface area contributed by atoms with Crippen LogP contribution in [0.4, 0.5) is 6.01 Å². The Morgan fingerprint density at radius 2 is 2.47 bits per heavy atom. The van der Waals surface area contributed by atoms with Crippen molar-refractivity contribution in [3.05, 3.63) is 5.82 Å². The van der Waals surface area contributed by atoms with Crippen molar-refractivity contribution in [2.24, 2.45) is 0 Å². The summed E-state index contributed by atoms with van der Waals surface area (Å²) in [5, 5.41) is 6.86. The van der Waals surface area contributed by atoms with Gasteiger partial charge in [0.1, 0.15) is 0 Å². The maximum Gasteiger partial charge on any atom is 0.321 e. The van der Waals surface area contributed by atoms with Gasteiger partial charge in [0.15, 0.2) is 5.82 Å². The van der Waals surface area contributed by atoms with Gasteiger partial charge in [0.2, 0.25) is 0 Å². The van der Waals surface area contributed by atoms with Crippen LogP contribution in [0.15, 0.2) is 4.52 Å². The van der Waals surface area contributed by atoms with Crippen LogP contribution in [0.5, 0.6) is 0 Å². The lowest BCUT2D eigenvalue weighted by molar-refractivity contribution is -0.0417. The fraction of sp³-hybridized carbons (Fsp3) is 0.818. The van der Waals surface area contributed by atoms with E-state index in [0.717, 1.165) is 19.7 Å². The van der Waals surface area contributed by atoms with Gasteiger partial charge < -0.3 is 14.6 Å². The fourth-order valence-electron chi connectivity index (χ4n) is 2.58. The molecule has 0 spiro atoms. The highest BCUT2D eigenvalue weighted by Crippen LogP contribution is 2.22. The third-order valence-electron chi connectivity index (χ3n) is 3.47. The number of fused-ring (bicyclic) bond motifs is 1.